The Morgan fingerprint density at radius 1 is 1.29 bits per heavy atom. The summed E-state index contributed by atoms with van der Waals surface area (Å²) in [7, 11) is 6.67. The largest absolute Gasteiger partial charge is 0.347 e. The van der Waals surface area contributed by atoms with E-state index < -0.39 is 0 Å². The van der Waals surface area contributed by atoms with Gasteiger partial charge in [-0.15, -0.1) is 0 Å². The molecular weight excluding hydrogens is 182 g/mol. The lowest BCUT2D eigenvalue weighted by Crippen LogP contribution is -2.45. The summed E-state index contributed by atoms with van der Waals surface area (Å²) in [6.45, 7) is 1.89. The third-order valence-corrected chi connectivity index (χ3v) is 2.05. The van der Waals surface area contributed by atoms with Crippen molar-refractivity contribution in [1.29, 1.82) is 0 Å². The van der Waals surface area contributed by atoms with Crippen LogP contribution in [-0.4, -0.2) is 62.4 Å². The SMILES string of the molecule is CNC(C)C(=O)N(C)CC(=O)N(C)C. The maximum absolute atomic E-state index is 11.5. The number of likely N-dealkylation sites (N-methyl/N-ethyl adjacent to an activating group) is 3. The quantitative estimate of drug-likeness (QED) is 0.644. The van der Waals surface area contributed by atoms with Crippen molar-refractivity contribution in [2.45, 2.75) is 13.0 Å². The molecule has 0 spiro atoms. The summed E-state index contributed by atoms with van der Waals surface area (Å²) in [5.74, 6) is -0.160. The molecule has 14 heavy (non-hydrogen) atoms. The molecule has 1 N–H and O–H groups in total. The van der Waals surface area contributed by atoms with Crippen molar-refractivity contribution in [3.05, 3.63) is 0 Å². The van der Waals surface area contributed by atoms with E-state index in [9.17, 15) is 9.59 Å². The van der Waals surface area contributed by atoms with Crippen molar-refractivity contribution in [1.82, 2.24) is 15.1 Å². The number of carbonyl (C=O) groups is 2. The fraction of sp³-hybridized carbons (Fsp3) is 0.778. The first-order valence-corrected chi connectivity index (χ1v) is 4.52. The highest BCUT2D eigenvalue weighted by Gasteiger charge is 2.18. The second kappa shape index (κ2) is 5.59. The van der Waals surface area contributed by atoms with E-state index in [0.29, 0.717) is 0 Å². The van der Waals surface area contributed by atoms with Crippen LogP contribution >= 0.6 is 0 Å². The van der Waals surface area contributed by atoms with E-state index in [1.54, 1.807) is 35.1 Å². The van der Waals surface area contributed by atoms with Crippen LogP contribution in [0, 0.1) is 0 Å². The molecule has 0 saturated carbocycles. The van der Waals surface area contributed by atoms with Gasteiger partial charge in [-0.1, -0.05) is 0 Å². The first-order valence-electron chi connectivity index (χ1n) is 4.52. The second-order valence-electron chi connectivity index (χ2n) is 3.49. The van der Waals surface area contributed by atoms with Crippen molar-refractivity contribution in [2.24, 2.45) is 0 Å². The summed E-state index contributed by atoms with van der Waals surface area (Å²) in [4.78, 5) is 25.7. The molecule has 0 rings (SSSR count). The third kappa shape index (κ3) is 3.74. The van der Waals surface area contributed by atoms with Gasteiger partial charge in [0.2, 0.25) is 11.8 Å². The van der Waals surface area contributed by atoms with Gasteiger partial charge < -0.3 is 15.1 Å². The van der Waals surface area contributed by atoms with E-state index in [2.05, 4.69) is 5.32 Å². The maximum Gasteiger partial charge on any atom is 0.241 e. The second-order valence-corrected chi connectivity index (χ2v) is 3.49. The Bertz CT molecular complexity index is 216. The number of hydrogen-bond donors (Lipinski definition) is 1. The number of nitrogens with zero attached hydrogens (tertiary/aromatic N) is 2. The molecule has 5 heteroatoms. The van der Waals surface area contributed by atoms with Crippen LogP contribution in [0.4, 0.5) is 0 Å². The molecule has 1 atom stereocenters. The Morgan fingerprint density at radius 3 is 2.14 bits per heavy atom. The number of rotatable bonds is 4. The molecule has 1 unspecified atom stereocenters. The van der Waals surface area contributed by atoms with Crippen molar-refractivity contribution in [2.75, 3.05) is 34.7 Å². The van der Waals surface area contributed by atoms with Gasteiger partial charge in [-0.25, -0.2) is 0 Å². The molecule has 0 aromatic rings. The molecule has 5 nitrogen and oxygen atoms in total. The van der Waals surface area contributed by atoms with Gasteiger partial charge in [0.25, 0.3) is 0 Å². The molecule has 0 radical (unpaired) electrons. The minimum atomic E-state index is -0.255. The highest BCUT2D eigenvalue weighted by atomic mass is 16.2. The Hall–Kier alpha value is -1.10. The Morgan fingerprint density at radius 2 is 1.79 bits per heavy atom. The molecule has 82 valence electrons. The molecule has 0 fully saturated rings. The van der Waals surface area contributed by atoms with Crippen molar-refractivity contribution >= 4 is 11.8 Å². The molecule has 0 saturated heterocycles. The van der Waals surface area contributed by atoms with Gasteiger partial charge in [-0.2, -0.15) is 0 Å². The van der Waals surface area contributed by atoms with Gasteiger partial charge >= 0.3 is 0 Å². The highest BCUT2D eigenvalue weighted by molar-refractivity contribution is 5.86. The predicted octanol–water partition coefficient (Wildman–Crippen LogP) is -0.859. The van der Waals surface area contributed by atoms with Crippen LogP contribution in [0.25, 0.3) is 0 Å². The Balaban J connectivity index is 4.14. The lowest BCUT2D eigenvalue weighted by Gasteiger charge is -2.22. The first kappa shape index (κ1) is 12.9. The van der Waals surface area contributed by atoms with Crippen LogP contribution in [0.5, 0.6) is 0 Å². The molecule has 0 bridgehead atoms. The summed E-state index contributed by atoms with van der Waals surface area (Å²) >= 11 is 0. The fourth-order valence-electron chi connectivity index (χ4n) is 0.876. The minimum absolute atomic E-state index is 0.0795. The average Bonchev–Trinajstić information content (AvgIpc) is 2.14. The lowest BCUT2D eigenvalue weighted by molar-refractivity contribution is -0.138. The van der Waals surface area contributed by atoms with E-state index in [1.807, 2.05) is 0 Å². The van der Waals surface area contributed by atoms with E-state index >= 15 is 0 Å². The summed E-state index contributed by atoms with van der Waals surface area (Å²) < 4.78 is 0. The molecular formula is C9H19N3O2. The topological polar surface area (TPSA) is 52.7 Å². The van der Waals surface area contributed by atoms with Crippen LogP contribution in [0.2, 0.25) is 0 Å². The molecule has 0 heterocycles. The van der Waals surface area contributed by atoms with Gasteiger partial charge in [0.05, 0.1) is 12.6 Å². The molecule has 0 aliphatic rings. The summed E-state index contributed by atoms with van der Waals surface area (Å²) in [6.07, 6.45) is 0. The minimum Gasteiger partial charge on any atom is -0.347 e. The van der Waals surface area contributed by atoms with Crippen LogP contribution in [0.3, 0.4) is 0 Å². The number of nitrogens with one attached hydrogen (secondary N) is 1. The average molecular weight is 201 g/mol. The summed E-state index contributed by atoms with van der Waals surface area (Å²) in [5.41, 5.74) is 0. The Labute approximate surface area is 85.1 Å². The summed E-state index contributed by atoms with van der Waals surface area (Å²) in [5, 5.41) is 2.83. The summed E-state index contributed by atoms with van der Waals surface area (Å²) in [6, 6.07) is -0.255. The molecule has 2 amide bonds. The highest BCUT2D eigenvalue weighted by Crippen LogP contribution is 1.92. The Kier molecular flexibility index (Phi) is 5.15. The van der Waals surface area contributed by atoms with Gasteiger partial charge in [-0.05, 0) is 14.0 Å². The van der Waals surface area contributed by atoms with Crippen molar-refractivity contribution in [3.8, 4) is 0 Å². The standard InChI is InChI=1S/C9H19N3O2/c1-7(10-2)9(14)12(5)6-8(13)11(3)4/h7,10H,6H2,1-5H3. The van der Waals surface area contributed by atoms with E-state index in [-0.39, 0.29) is 24.4 Å². The zero-order chi connectivity index (χ0) is 11.3. The maximum atomic E-state index is 11.5. The van der Waals surface area contributed by atoms with Gasteiger partial charge in [0.1, 0.15) is 0 Å². The van der Waals surface area contributed by atoms with E-state index in [1.165, 1.54) is 9.80 Å². The smallest absolute Gasteiger partial charge is 0.241 e. The van der Waals surface area contributed by atoms with E-state index in [4.69, 9.17) is 0 Å². The molecule has 0 aromatic carbocycles. The van der Waals surface area contributed by atoms with E-state index in [0.717, 1.165) is 0 Å². The van der Waals surface area contributed by atoms with Crippen molar-refractivity contribution in [3.63, 3.8) is 0 Å². The van der Waals surface area contributed by atoms with Crippen LogP contribution in [0.15, 0.2) is 0 Å². The third-order valence-electron chi connectivity index (χ3n) is 2.05. The number of hydrogen-bond acceptors (Lipinski definition) is 3. The lowest BCUT2D eigenvalue weighted by atomic mass is 10.3. The van der Waals surface area contributed by atoms with Crippen LogP contribution in [-0.2, 0) is 9.59 Å². The first-order chi connectivity index (χ1) is 6.40. The van der Waals surface area contributed by atoms with Crippen LogP contribution < -0.4 is 5.32 Å². The molecule has 0 aromatic heterocycles. The number of amides is 2. The van der Waals surface area contributed by atoms with Crippen LogP contribution in [0.1, 0.15) is 6.92 Å². The predicted molar refractivity (Wildman–Crippen MR) is 54.9 cm³/mol. The fourth-order valence-corrected chi connectivity index (χ4v) is 0.876. The van der Waals surface area contributed by atoms with Crippen molar-refractivity contribution < 1.29 is 9.59 Å². The molecule has 0 aliphatic carbocycles. The van der Waals surface area contributed by atoms with Gasteiger partial charge in [0, 0.05) is 21.1 Å². The van der Waals surface area contributed by atoms with Gasteiger partial charge in [-0.3, -0.25) is 9.59 Å². The number of carbonyl (C=O) groups excluding carboxylic acids is 2. The van der Waals surface area contributed by atoms with Gasteiger partial charge in [0.15, 0.2) is 0 Å². The molecule has 0 aliphatic heterocycles. The normalized spacial score (nSPS) is 12.1. The zero-order valence-corrected chi connectivity index (χ0v) is 9.50. The zero-order valence-electron chi connectivity index (χ0n) is 9.50. The monoisotopic (exact) mass is 201 g/mol.